The van der Waals surface area contributed by atoms with Crippen LogP contribution in [0.1, 0.15) is 91.3 Å². The van der Waals surface area contributed by atoms with Crippen LogP contribution in [0.3, 0.4) is 0 Å². The molecule has 1 unspecified atom stereocenters. The van der Waals surface area contributed by atoms with E-state index in [0.717, 1.165) is 48.9 Å². The lowest BCUT2D eigenvalue weighted by Gasteiger charge is -2.33. The Morgan fingerprint density at radius 3 is 2.37 bits per heavy atom. The summed E-state index contributed by atoms with van der Waals surface area (Å²) in [6, 6.07) is 26.2. The first-order valence-electron chi connectivity index (χ1n) is 16.3. The van der Waals surface area contributed by atoms with Gasteiger partial charge in [0.05, 0.1) is 12.1 Å². The topological polar surface area (TPSA) is 81.7 Å². The number of aryl methyl sites for hydroxylation is 1. The number of anilines is 1. The van der Waals surface area contributed by atoms with Crippen LogP contribution in [0.25, 0.3) is 0 Å². The largest absolute Gasteiger partial charge is 0.390 e. The fourth-order valence-corrected chi connectivity index (χ4v) is 6.63. The van der Waals surface area contributed by atoms with Crippen molar-refractivity contribution in [3.8, 4) is 0 Å². The number of benzene rings is 3. The van der Waals surface area contributed by atoms with Gasteiger partial charge in [-0.15, -0.1) is 0 Å². The summed E-state index contributed by atoms with van der Waals surface area (Å²) in [5.41, 5.74) is 4.65. The van der Waals surface area contributed by atoms with Crippen molar-refractivity contribution in [2.75, 3.05) is 18.0 Å². The maximum Gasteiger partial charge on any atom is 0.251 e. The van der Waals surface area contributed by atoms with Crippen LogP contribution < -0.4 is 15.5 Å². The van der Waals surface area contributed by atoms with Crippen LogP contribution in [-0.2, 0) is 17.6 Å². The Kier molecular flexibility index (Phi) is 11.0. The molecule has 2 amide bonds. The highest BCUT2D eigenvalue weighted by molar-refractivity contribution is 5.99. The average molecular weight is 582 g/mol. The summed E-state index contributed by atoms with van der Waals surface area (Å²) in [6.45, 7) is 3.16. The average Bonchev–Trinajstić information content (AvgIpc) is 3.05. The molecular formula is C37H47N3O3. The van der Waals surface area contributed by atoms with Crippen LogP contribution in [0.4, 0.5) is 5.69 Å². The normalized spacial score (nSPS) is 19.2. The monoisotopic (exact) mass is 581 g/mol. The molecule has 1 saturated heterocycles. The number of hydrogen-bond donors (Lipinski definition) is 3. The van der Waals surface area contributed by atoms with Crippen molar-refractivity contribution in [2.45, 2.75) is 95.2 Å². The summed E-state index contributed by atoms with van der Waals surface area (Å²) in [4.78, 5) is 28.9. The molecule has 0 bridgehead atoms. The lowest BCUT2D eigenvalue weighted by Crippen LogP contribution is -2.50. The Morgan fingerprint density at radius 1 is 0.930 bits per heavy atom. The molecule has 3 atom stereocenters. The maximum atomic E-state index is 13.9. The van der Waals surface area contributed by atoms with Gasteiger partial charge in [0.25, 0.3) is 5.91 Å². The number of aliphatic hydroxyl groups excluding tert-OH is 1. The van der Waals surface area contributed by atoms with Crippen molar-refractivity contribution in [3.05, 3.63) is 101 Å². The van der Waals surface area contributed by atoms with E-state index < -0.39 is 12.1 Å². The molecule has 1 aliphatic carbocycles. The van der Waals surface area contributed by atoms with E-state index in [1.165, 1.54) is 24.8 Å². The number of carbonyl (C=O) groups is 2. The van der Waals surface area contributed by atoms with Crippen LogP contribution in [0.2, 0.25) is 0 Å². The molecule has 1 aliphatic heterocycles. The fraction of sp³-hybridized carbons (Fsp3) is 0.459. The van der Waals surface area contributed by atoms with Crippen LogP contribution >= 0.6 is 0 Å². The number of nitrogens with zero attached hydrogens (tertiary/aromatic N) is 1. The lowest BCUT2D eigenvalue weighted by atomic mass is 9.89. The van der Waals surface area contributed by atoms with Gasteiger partial charge in [-0.05, 0) is 67.0 Å². The van der Waals surface area contributed by atoms with Crippen molar-refractivity contribution >= 4 is 17.5 Å². The zero-order chi connectivity index (χ0) is 30.0. The van der Waals surface area contributed by atoms with E-state index in [1.807, 2.05) is 65.6 Å². The standard InChI is InChI=1S/C37H47N3O3/c1-2-12-28-21-31(24-33(22-28)40-26-30(19-20-36(40)42)29-15-8-4-9-16-29)37(43)39-34(23-27-13-6-3-7-14-27)35(41)25-38-32-17-10-5-11-18-32/h3-4,6-9,13-16,21-22,24,30,32,34-35,38,41H,2,5,10-12,17-20,23,25-26H2,1H3,(H,39,43)/t30?,34-,35-/m0/s1. The first kappa shape index (κ1) is 31.0. The summed E-state index contributed by atoms with van der Waals surface area (Å²) in [7, 11) is 0. The van der Waals surface area contributed by atoms with Gasteiger partial charge in [-0.25, -0.2) is 0 Å². The Hall–Kier alpha value is -3.48. The van der Waals surface area contributed by atoms with Crippen LogP contribution in [0.5, 0.6) is 0 Å². The zero-order valence-electron chi connectivity index (χ0n) is 25.5. The molecule has 2 aliphatic rings. The molecule has 6 nitrogen and oxygen atoms in total. The second-order valence-corrected chi connectivity index (χ2v) is 12.4. The number of carbonyl (C=O) groups excluding carboxylic acids is 2. The molecule has 0 spiro atoms. The summed E-state index contributed by atoms with van der Waals surface area (Å²) >= 11 is 0. The SMILES string of the molecule is CCCc1cc(C(=O)N[C@@H](Cc2ccccc2)[C@@H](O)CNC2CCCCC2)cc(N2CC(c3ccccc3)CCC2=O)c1. The van der Waals surface area contributed by atoms with Gasteiger partial charge in [-0.1, -0.05) is 93.3 Å². The minimum absolute atomic E-state index is 0.0957. The fourth-order valence-electron chi connectivity index (χ4n) is 6.63. The maximum absolute atomic E-state index is 13.9. The molecule has 3 N–H and O–H groups in total. The number of rotatable bonds is 12. The highest BCUT2D eigenvalue weighted by atomic mass is 16.3. The molecule has 3 aromatic carbocycles. The molecule has 6 heteroatoms. The van der Waals surface area contributed by atoms with Gasteiger partial charge in [0.1, 0.15) is 0 Å². The van der Waals surface area contributed by atoms with E-state index in [0.29, 0.717) is 37.5 Å². The van der Waals surface area contributed by atoms with Crippen molar-refractivity contribution in [3.63, 3.8) is 0 Å². The smallest absolute Gasteiger partial charge is 0.251 e. The predicted molar refractivity (Wildman–Crippen MR) is 173 cm³/mol. The van der Waals surface area contributed by atoms with Crippen molar-refractivity contribution in [1.29, 1.82) is 0 Å². The third-order valence-corrected chi connectivity index (χ3v) is 9.07. The Morgan fingerprint density at radius 2 is 1.65 bits per heavy atom. The molecule has 0 aromatic heterocycles. The van der Waals surface area contributed by atoms with Gasteiger partial charge < -0.3 is 20.6 Å². The summed E-state index contributed by atoms with van der Waals surface area (Å²) in [6.07, 6.45) is 8.86. The third-order valence-electron chi connectivity index (χ3n) is 9.07. The Balaban J connectivity index is 1.36. The first-order valence-corrected chi connectivity index (χ1v) is 16.3. The predicted octanol–water partition coefficient (Wildman–Crippen LogP) is 6.17. The second-order valence-electron chi connectivity index (χ2n) is 12.4. The van der Waals surface area contributed by atoms with Gasteiger partial charge in [0, 0.05) is 42.7 Å². The Bertz CT molecular complexity index is 1320. The molecule has 43 heavy (non-hydrogen) atoms. The molecule has 2 fully saturated rings. The number of piperidine rings is 1. The summed E-state index contributed by atoms with van der Waals surface area (Å²) in [5.74, 6) is 0.132. The first-order chi connectivity index (χ1) is 21.0. The third kappa shape index (κ3) is 8.55. The number of hydrogen-bond acceptors (Lipinski definition) is 4. The number of amides is 2. The van der Waals surface area contributed by atoms with Crippen LogP contribution in [0.15, 0.2) is 78.9 Å². The van der Waals surface area contributed by atoms with Gasteiger partial charge >= 0.3 is 0 Å². The van der Waals surface area contributed by atoms with Crippen LogP contribution in [-0.4, -0.2) is 48.2 Å². The zero-order valence-corrected chi connectivity index (χ0v) is 25.5. The van der Waals surface area contributed by atoms with Gasteiger partial charge in [-0.2, -0.15) is 0 Å². The van der Waals surface area contributed by atoms with E-state index in [1.54, 1.807) is 0 Å². The van der Waals surface area contributed by atoms with Gasteiger partial charge in [0.15, 0.2) is 0 Å². The molecule has 0 radical (unpaired) electrons. The number of aliphatic hydroxyl groups is 1. The molecular weight excluding hydrogens is 534 g/mol. The van der Waals surface area contributed by atoms with E-state index >= 15 is 0 Å². The van der Waals surface area contributed by atoms with Gasteiger partial charge in [-0.3, -0.25) is 9.59 Å². The quantitative estimate of drug-likeness (QED) is 0.239. The lowest BCUT2D eigenvalue weighted by molar-refractivity contribution is -0.119. The molecule has 1 saturated carbocycles. The van der Waals surface area contributed by atoms with Crippen molar-refractivity contribution < 1.29 is 14.7 Å². The molecule has 5 rings (SSSR count). The summed E-state index contributed by atoms with van der Waals surface area (Å²) < 4.78 is 0. The second kappa shape index (κ2) is 15.3. The highest BCUT2D eigenvalue weighted by Crippen LogP contribution is 2.32. The van der Waals surface area contributed by atoms with Crippen molar-refractivity contribution in [2.24, 2.45) is 0 Å². The summed E-state index contributed by atoms with van der Waals surface area (Å²) in [5, 5.41) is 18.1. The van der Waals surface area contributed by atoms with E-state index in [4.69, 9.17) is 0 Å². The minimum Gasteiger partial charge on any atom is -0.390 e. The van der Waals surface area contributed by atoms with Crippen molar-refractivity contribution in [1.82, 2.24) is 10.6 Å². The van der Waals surface area contributed by atoms with Gasteiger partial charge in [0.2, 0.25) is 5.91 Å². The van der Waals surface area contributed by atoms with E-state index in [9.17, 15) is 14.7 Å². The molecule has 1 heterocycles. The highest BCUT2D eigenvalue weighted by Gasteiger charge is 2.29. The molecule has 228 valence electrons. The van der Waals surface area contributed by atoms with E-state index in [-0.39, 0.29) is 17.7 Å². The van der Waals surface area contributed by atoms with E-state index in [2.05, 4.69) is 35.8 Å². The number of nitrogens with one attached hydrogen (secondary N) is 2. The molecule has 3 aromatic rings. The Labute approximate surface area is 256 Å². The van der Waals surface area contributed by atoms with Crippen LogP contribution in [0, 0.1) is 0 Å². The minimum atomic E-state index is -0.736.